The van der Waals surface area contributed by atoms with Crippen molar-refractivity contribution in [1.29, 1.82) is 0 Å². The van der Waals surface area contributed by atoms with Crippen LogP contribution in [0.5, 0.6) is 11.6 Å². The minimum absolute atomic E-state index is 0.100. The van der Waals surface area contributed by atoms with Gasteiger partial charge in [0.25, 0.3) is 0 Å². The summed E-state index contributed by atoms with van der Waals surface area (Å²) in [5.74, 6) is 1.41. The lowest BCUT2D eigenvalue weighted by molar-refractivity contribution is -0.116. The molecule has 7 nitrogen and oxygen atoms in total. The number of ether oxygens (including phenoxy) is 1. The summed E-state index contributed by atoms with van der Waals surface area (Å²) in [6, 6.07) is 16.8. The van der Waals surface area contributed by atoms with E-state index in [0.717, 1.165) is 17.5 Å². The van der Waals surface area contributed by atoms with Gasteiger partial charge in [0.05, 0.1) is 11.1 Å². The average Bonchev–Trinajstić information content (AvgIpc) is 3.23. The standard InChI is InChI=1S/C24H18N4O3/c29-16-10-5-4-9-15(16)22-26-23-21-19(14-7-2-1-3-8-14)20-17(30)11-6-12-18(20)31-24(21)25-13-28(23)27-22/h1-5,7-10,13,19,29H,6,11-12H2. The number of rotatable bonds is 2. The molecule has 2 aliphatic rings. The van der Waals surface area contributed by atoms with Gasteiger partial charge in [-0.15, -0.1) is 5.10 Å². The minimum atomic E-state index is -0.328. The van der Waals surface area contributed by atoms with Gasteiger partial charge in [0, 0.05) is 24.3 Å². The first-order valence-electron chi connectivity index (χ1n) is 10.2. The molecule has 0 amide bonds. The van der Waals surface area contributed by atoms with Crippen molar-refractivity contribution in [2.75, 3.05) is 0 Å². The number of aromatic hydroxyl groups is 1. The molecule has 3 heterocycles. The molecule has 152 valence electrons. The summed E-state index contributed by atoms with van der Waals surface area (Å²) in [6.07, 6.45) is 3.56. The number of fused-ring (bicyclic) bond motifs is 3. The largest absolute Gasteiger partial charge is 0.507 e. The lowest BCUT2D eigenvalue weighted by Gasteiger charge is -2.31. The van der Waals surface area contributed by atoms with Gasteiger partial charge < -0.3 is 9.84 Å². The van der Waals surface area contributed by atoms with Gasteiger partial charge in [0.2, 0.25) is 5.88 Å². The molecule has 1 aliphatic carbocycles. The second-order valence-electron chi connectivity index (χ2n) is 7.74. The molecule has 1 unspecified atom stereocenters. The highest BCUT2D eigenvalue weighted by Gasteiger charge is 2.39. The molecule has 31 heavy (non-hydrogen) atoms. The number of nitrogens with zero attached hydrogens (tertiary/aromatic N) is 4. The van der Waals surface area contributed by atoms with Gasteiger partial charge in [-0.2, -0.15) is 0 Å². The SMILES string of the molecule is O=C1CCCC2=C1C(c1ccccc1)c1c(ncn3nc(-c4ccccc4O)nc13)O2. The van der Waals surface area contributed by atoms with E-state index in [1.807, 2.05) is 36.4 Å². The van der Waals surface area contributed by atoms with Gasteiger partial charge in [-0.25, -0.2) is 14.5 Å². The fraction of sp³-hybridized carbons (Fsp3) is 0.167. The Morgan fingerprint density at radius 2 is 1.84 bits per heavy atom. The maximum atomic E-state index is 13.0. The van der Waals surface area contributed by atoms with Crippen molar-refractivity contribution in [3.05, 3.63) is 83.4 Å². The smallest absolute Gasteiger partial charge is 0.228 e. The third kappa shape index (κ3) is 2.73. The van der Waals surface area contributed by atoms with Crippen molar-refractivity contribution in [2.24, 2.45) is 0 Å². The van der Waals surface area contributed by atoms with Gasteiger partial charge in [-0.05, 0) is 24.1 Å². The highest BCUT2D eigenvalue weighted by molar-refractivity contribution is 6.00. The Morgan fingerprint density at radius 3 is 2.68 bits per heavy atom. The van der Waals surface area contributed by atoms with Crippen molar-refractivity contribution >= 4 is 11.4 Å². The van der Waals surface area contributed by atoms with Crippen LogP contribution in [0.25, 0.3) is 17.0 Å². The summed E-state index contributed by atoms with van der Waals surface area (Å²) in [4.78, 5) is 22.2. The molecule has 0 spiro atoms. The Balaban J connectivity index is 1.62. The van der Waals surface area contributed by atoms with E-state index < -0.39 is 0 Å². The van der Waals surface area contributed by atoms with Gasteiger partial charge in [-0.1, -0.05) is 42.5 Å². The Hall–Kier alpha value is -4.00. The van der Waals surface area contributed by atoms with Crippen molar-refractivity contribution in [2.45, 2.75) is 25.2 Å². The molecule has 6 rings (SSSR count). The maximum Gasteiger partial charge on any atom is 0.228 e. The lowest BCUT2D eigenvalue weighted by Crippen LogP contribution is -2.26. The zero-order valence-corrected chi connectivity index (χ0v) is 16.5. The number of carbonyl (C=O) groups excluding carboxylic acids is 1. The van der Waals surface area contributed by atoms with Crippen molar-refractivity contribution in [1.82, 2.24) is 19.6 Å². The highest BCUT2D eigenvalue weighted by Crippen LogP contribution is 2.47. The molecule has 0 saturated heterocycles. The number of phenols is 1. The number of hydrogen-bond donors (Lipinski definition) is 1. The van der Waals surface area contributed by atoms with Crippen molar-refractivity contribution in [3.8, 4) is 23.0 Å². The van der Waals surface area contributed by atoms with Crippen LogP contribution in [0.2, 0.25) is 0 Å². The monoisotopic (exact) mass is 410 g/mol. The molecule has 0 saturated carbocycles. The second kappa shape index (κ2) is 6.77. The van der Waals surface area contributed by atoms with Crippen molar-refractivity contribution < 1.29 is 14.6 Å². The van der Waals surface area contributed by atoms with E-state index in [1.54, 1.807) is 29.0 Å². The number of hydrogen-bond acceptors (Lipinski definition) is 6. The molecule has 7 heteroatoms. The summed E-state index contributed by atoms with van der Waals surface area (Å²) in [6.45, 7) is 0. The van der Waals surface area contributed by atoms with Crippen LogP contribution < -0.4 is 4.74 Å². The minimum Gasteiger partial charge on any atom is -0.507 e. The van der Waals surface area contributed by atoms with Gasteiger partial charge in [0.1, 0.15) is 17.8 Å². The van der Waals surface area contributed by atoms with Crippen LogP contribution in [0, 0.1) is 0 Å². The zero-order chi connectivity index (χ0) is 20.9. The van der Waals surface area contributed by atoms with E-state index in [0.29, 0.717) is 47.1 Å². The molecule has 0 radical (unpaired) electrons. The topological polar surface area (TPSA) is 89.6 Å². The lowest BCUT2D eigenvalue weighted by atomic mass is 9.78. The van der Waals surface area contributed by atoms with Crippen LogP contribution in [-0.4, -0.2) is 30.5 Å². The Morgan fingerprint density at radius 1 is 1.03 bits per heavy atom. The third-order valence-corrected chi connectivity index (χ3v) is 5.87. The average molecular weight is 410 g/mol. The highest BCUT2D eigenvalue weighted by atomic mass is 16.5. The normalized spacial score (nSPS) is 17.9. The molecular formula is C24H18N4O3. The molecule has 0 bridgehead atoms. The Labute approximate surface area is 177 Å². The van der Waals surface area contributed by atoms with Gasteiger partial charge in [0.15, 0.2) is 17.3 Å². The molecular weight excluding hydrogens is 392 g/mol. The first-order valence-corrected chi connectivity index (χ1v) is 10.2. The molecule has 4 aromatic rings. The summed E-state index contributed by atoms with van der Waals surface area (Å²) >= 11 is 0. The fourth-order valence-corrected chi connectivity index (χ4v) is 4.47. The number of Topliss-reactive ketones (excluding diaryl/α,β-unsaturated/α-hetero) is 1. The number of benzene rings is 2. The van der Waals surface area contributed by atoms with E-state index in [1.165, 1.54) is 0 Å². The summed E-state index contributed by atoms with van der Waals surface area (Å²) in [5, 5.41) is 14.8. The van der Waals surface area contributed by atoms with Crippen LogP contribution in [0.15, 0.2) is 72.3 Å². The summed E-state index contributed by atoms with van der Waals surface area (Å²) in [5.41, 5.74) is 3.48. The molecule has 1 N–H and O–H groups in total. The number of aromatic nitrogens is 4. The predicted octanol–water partition coefficient (Wildman–Crippen LogP) is 4.03. The molecule has 1 atom stereocenters. The van der Waals surface area contributed by atoms with Crippen molar-refractivity contribution in [3.63, 3.8) is 0 Å². The van der Waals surface area contributed by atoms with E-state index in [9.17, 15) is 9.90 Å². The van der Waals surface area contributed by atoms with Crippen LogP contribution >= 0.6 is 0 Å². The zero-order valence-electron chi connectivity index (χ0n) is 16.5. The first kappa shape index (κ1) is 17.8. The van der Waals surface area contributed by atoms with Crippen LogP contribution in [-0.2, 0) is 4.79 Å². The van der Waals surface area contributed by atoms with Crippen LogP contribution in [0.1, 0.15) is 36.3 Å². The Bertz CT molecular complexity index is 1370. The Kier molecular flexibility index (Phi) is 3.89. The van der Waals surface area contributed by atoms with Crippen LogP contribution in [0.3, 0.4) is 0 Å². The van der Waals surface area contributed by atoms with Gasteiger partial charge in [-0.3, -0.25) is 4.79 Å². The molecule has 0 fully saturated rings. The van der Waals surface area contributed by atoms with Gasteiger partial charge >= 0.3 is 0 Å². The molecule has 1 aliphatic heterocycles. The first-order chi connectivity index (χ1) is 15.2. The maximum absolute atomic E-state index is 13.0. The van der Waals surface area contributed by atoms with Crippen LogP contribution in [0.4, 0.5) is 0 Å². The molecule has 2 aromatic heterocycles. The number of para-hydroxylation sites is 1. The van der Waals surface area contributed by atoms with E-state index >= 15 is 0 Å². The number of allylic oxidation sites excluding steroid dienone is 2. The fourth-order valence-electron chi connectivity index (χ4n) is 4.47. The van der Waals surface area contributed by atoms with E-state index in [2.05, 4.69) is 10.1 Å². The number of carbonyl (C=O) groups is 1. The second-order valence-corrected chi connectivity index (χ2v) is 7.74. The van der Waals surface area contributed by atoms with E-state index in [4.69, 9.17) is 9.72 Å². The summed E-state index contributed by atoms with van der Waals surface area (Å²) < 4.78 is 7.70. The molecule has 2 aromatic carbocycles. The quantitative estimate of drug-likeness (QED) is 0.537. The summed E-state index contributed by atoms with van der Waals surface area (Å²) in [7, 11) is 0. The van der Waals surface area contributed by atoms with E-state index in [-0.39, 0.29) is 17.5 Å². The number of ketones is 1. The predicted molar refractivity (Wildman–Crippen MR) is 113 cm³/mol. The number of phenolic OH excluding ortho intramolecular Hbond substituents is 1. The third-order valence-electron chi connectivity index (χ3n) is 5.87.